The lowest BCUT2D eigenvalue weighted by Gasteiger charge is -2.25. The van der Waals surface area contributed by atoms with E-state index in [4.69, 9.17) is 4.74 Å². The summed E-state index contributed by atoms with van der Waals surface area (Å²) in [5.74, 6) is -1.97. The van der Waals surface area contributed by atoms with Gasteiger partial charge in [-0.25, -0.2) is 17.9 Å². The fourth-order valence-electron chi connectivity index (χ4n) is 2.32. The Kier molecular flexibility index (Phi) is 6.76. The zero-order chi connectivity index (χ0) is 16.8. The van der Waals surface area contributed by atoms with Crippen LogP contribution in [0, 0.1) is 0 Å². The van der Waals surface area contributed by atoms with Gasteiger partial charge in [0.2, 0.25) is 15.9 Å². The predicted octanol–water partition coefficient (Wildman–Crippen LogP) is -0.156. The Labute approximate surface area is 130 Å². The van der Waals surface area contributed by atoms with Crippen molar-refractivity contribution in [3.05, 3.63) is 0 Å². The number of ether oxygens (including phenoxy) is 1. The first kappa shape index (κ1) is 18.9. The molecule has 0 aromatic carbocycles. The van der Waals surface area contributed by atoms with Crippen molar-refractivity contribution in [2.75, 3.05) is 18.9 Å². The van der Waals surface area contributed by atoms with E-state index in [2.05, 4.69) is 10.0 Å². The van der Waals surface area contributed by atoms with Crippen LogP contribution in [0.3, 0.4) is 0 Å². The van der Waals surface area contributed by atoms with Crippen LogP contribution in [-0.2, 0) is 24.3 Å². The lowest BCUT2D eigenvalue weighted by molar-refractivity contribution is -0.147. The van der Waals surface area contributed by atoms with Gasteiger partial charge in [0.25, 0.3) is 0 Å². The van der Waals surface area contributed by atoms with Crippen molar-refractivity contribution in [2.24, 2.45) is 0 Å². The molecule has 3 N–H and O–H groups in total. The minimum atomic E-state index is -3.63. The quantitative estimate of drug-likeness (QED) is 0.538. The highest BCUT2D eigenvalue weighted by molar-refractivity contribution is 7.89. The van der Waals surface area contributed by atoms with E-state index in [0.29, 0.717) is 12.8 Å². The second-order valence-corrected chi connectivity index (χ2v) is 7.63. The summed E-state index contributed by atoms with van der Waals surface area (Å²) in [4.78, 5) is 23.1. The van der Waals surface area contributed by atoms with Crippen LogP contribution in [0.4, 0.5) is 0 Å². The highest BCUT2D eigenvalue weighted by Gasteiger charge is 2.42. The largest absolute Gasteiger partial charge is 0.480 e. The van der Waals surface area contributed by atoms with Crippen LogP contribution in [0.25, 0.3) is 0 Å². The molecule has 0 unspecified atom stereocenters. The summed E-state index contributed by atoms with van der Waals surface area (Å²) in [6, 6.07) is 0. The summed E-state index contributed by atoms with van der Waals surface area (Å²) >= 11 is 0. The minimum Gasteiger partial charge on any atom is -0.480 e. The molecule has 1 saturated carbocycles. The van der Waals surface area contributed by atoms with Crippen LogP contribution >= 0.6 is 0 Å². The number of rotatable bonds is 9. The van der Waals surface area contributed by atoms with E-state index in [1.165, 1.54) is 0 Å². The van der Waals surface area contributed by atoms with Crippen molar-refractivity contribution in [3.63, 3.8) is 0 Å². The molecular formula is C13H24N2O6S. The topological polar surface area (TPSA) is 122 Å². The highest BCUT2D eigenvalue weighted by atomic mass is 32.2. The van der Waals surface area contributed by atoms with Gasteiger partial charge >= 0.3 is 5.97 Å². The van der Waals surface area contributed by atoms with Crippen molar-refractivity contribution in [2.45, 2.75) is 51.2 Å². The molecule has 22 heavy (non-hydrogen) atoms. The fraction of sp³-hybridized carbons (Fsp3) is 0.846. The molecule has 0 heterocycles. The monoisotopic (exact) mass is 336 g/mol. The average Bonchev–Trinajstić information content (AvgIpc) is 2.86. The molecule has 1 fully saturated rings. The van der Waals surface area contributed by atoms with E-state index >= 15 is 0 Å². The minimum absolute atomic E-state index is 0.0354. The van der Waals surface area contributed by atoms with Gasteiger partial charge in [-0.2, -0.15) is 0 Å². The maximum absolute atomic E-state index is 11.8. The zero-order valence-electron chi connectivity index (χ0n) is 12.9. The van der Waals surface area contributed by atoms with Crippen LogP contribution in [-0.4, -0.2) is 55.9 Å². The van der Waals surface area contributed by atoms with Gasteiger partial charge in [-0.1, -0.05) is 12.8 Å². The van der Waals surface area contributed by atoms with Gasteiger partial charge in [0.15, 0.2) is 0 Å². The Morgan fingerprint density at radius 2 is 1.86 bits per heavy atom. The molecule has 0 spiro atoms. The number of carbonyl (C=O) groups excluding carboxylic acids is 1. The van der Waals surface area contributed by atoms with Crippen LogP contribution in [0.15, 0.2) is 0 Å². The fourth-order valence-corrected chi connectivity index (χ4v) is 3.13. The molecular weight excluding hydrogens is 312 g/mol. The lowest BCUT2D eigenvalue weighted by Crippen LogP contribution is -2.54. The third-order valence-electron chi connectivity index (χ3n) is 3.50. The summed E-state index contributed by atoms with van der Waals surface area (Å²) < 4.78 is 30.7. The summed E-state index contributed by atoms with van der Waals surface area (Å²) in [6.07, 6.45) is 2.11. The van der Waals surface area contributed by atoms with Crippen molar-refractivity contribution < 1.29 is 27.9 Å². The maximum Gasteiger partial charge on any atom is 0.329 e. The Morgan fingerprint density at radius 1 is 1.27 bits per heavy atom. The first-order valence-electron chi connectivity index (χ1n) is 7.30. The van der Waals surface area contributed by atoms with E-state index < -0.39 is 34.0 Å². The van der Waals surface area contributed by atoms with Crippen molar-refractivity contribution in [3.8, 4) is 0 Å². The normalized spacial score (nSPS) is 17.6. The summed E-state index contributed by atoms with van der Waals surface area (Å²) in [5.41, 5.74) is -1.26. The Bertz CT molecular complexity index is 497. The van der Waals surface area contributed by atoms with Crippen molar-refractivity contribution >= 4 is 21.9 Å². The molecule has 0 saturated heterocycles. The highest BCUT2D eigenvalue weighted by Crippen LogP contribution is 2.29. The van der Waals surface area contributed by atoms with Crippen LogP contribution in [0.2, 0.25) is 0 Å². The Hall–Kier alpha value is -1.19. The molecule has 0 radical (unpaired) electrons. The maximum atomic E-state index is 11.8. The van der Waals surface area contributed by atoms with E-state index in [1.54, 1.807) is 13.8 Å². The number of nitrogens with one attached hydrogen (secondary N) is 2. The van der Waals surface area contributed by atoms with E-state index in [-0.39, 0.29) is 18.5 Å². The van der Waals surface area contributed by atoms with Crippen LogP contribution in [0.5, 0.6) is 0 Å². The van der Waals surface area contributed by atoms with Crippen molar-refractivity contribution in [1.82, 2.24) is 10.0 Å². The third-order valence-corrected chi connectivity index (χ3v) is 4.79. The number of carboxylic acid groups (broad SMARTS) is 1. The molecule has 1 aliphatic carbocycles. The van der Waals surface area contributed by atoms with Gasteiger partial charge in [0, 0.05) is 0 Å². The molecule has 8 nitrogen and oxygen atoms in total. The van der Waals surface area contributed by atoms with Crippen molar-refractivity contribution in [1.29, 1.82) is 0 Å². The van der Waals surface area contributed by atoms with E-state index in [1.807, 2.05) is 0 Å². The molecule has 0 aliphatic heterocycles. The number of hydrogen-bond acceptors (Lipinski definition) is 5. The number of amides is 1. The SMILES string of the molecule is CC(C)OCCS(=O)(=O)NCC(=O)NC1(C(=O)O)CCCC1. The van der Waals surface area contributed by atoms with Gasteiger partial charge in [-0.05, 0) is 26.7 Å². The number of sulfonamides is 1. The number of hydrogen-bond donors (Lipinski definition) is 3. The Balaban J connectivity index is 2.43. The van der Waals surface area contributed by atoms with Gasteiger partial charge in [0.1, 0.15) is 5.54 Å². The standard InChI is InChI=1S/C13H24N2O6S/c1-10(2)21-7-8-22(19,20)14-9-11(16)15-13(12(17)18)5-3-4-6-13/h10,14H,3-9H2,1-2H3,(H,15,16)(H,17,18). The molecule has 1 rings (SSSR count). The summed E-state index contributed by atoms with van der Waals surface area (Å²) in [6.45, 7) is 3.15. The molecule has 0 aromatic rings. The van der Waals surface area contributed by atoms with E-state index in [0.717, 1.165) is 12.8 Å². The number of carboxylic acids is 1. The number of aliphatic carboxylic acids is 1. The molecule has 0 atom stereocenters. The number of carbonyl (C=O) groups is 2. The first-order valence-corrected chi connectivity index (χ1v) is 8.95. The molecule has 0 bridgehead atoms. The van der Waals surface area contributed by atoms with Gasteiger partial charge < -0.3 is 15.2 Å². The van der Waals surface area contributed by atoms with Gasteiger partial charge in [-0.3, -0.25) is 4.79 Å². The molecule has 1 amide bonds. The molecule has 0 aromatic heterocycles. The second-order valence-electron chi connectivity index (χ2n) is 5.70. The summed E-state index contributed by atoms with van der Waals surface area (Å²) in [7, 11) is -3.63. The summed E-state index contributed by atoms with van der Waals surface area (Å²) in [5, 5.41) is 11.7. The first-order chi connectivity index (χ1) is 10.2. The van der Waals surface area contributed by atoms with Gasteiger partial charge in [0.05, 0.1) is 25.0 Å². The van der Waals surface area contributed by atoms with Crippen LogP contribution in [0.1, 0.15) is 39.5 Å². The average molecular weight is 336 g/mol. The second kappa shape index (κ2) is 7.89. The predicted molar refractivity (Wildman–Crippen MR) is 79.9 cm³/mol. The molecule has 1 aliphatic rings. The Morgan fingerprint density at radius 3 is 2.36 bits per heavy atom. The smallest absolute Gasteiger partial charge is 0.329 e. The lowest BCUT2D eigenvalue weighted by atomic mass is 9.98. The van der Waals surface area contributed by atoms with E-state index in [9.17, 15) is 23.1 Å². The molecule has 9 heteroatoms. The molecule has 128 valence electrons. The third kappa shape index (κ3) is 5.90. The zero-order valence-corrected chi connectivity index (χ0v) is 13.7. The van der Waals surface area contributed by atoms with Gasteiger partial charge in [-0.15, -0.1) is 0 Å². The van der Waals surface area contributed by atoms with Crippen LogP contribution < -0.4 is 10.0 Å².